The molecule has 0 aliphatic carbocycles. The molecule has 0 spiro atoms. The predicted molar refractivity (Wildman–Crippen MR) is 86.1 cm³/mol. The van der Waals surface area contributed by atoms with E-state index in [9.17, 15) is 4.39 Å². The van der Waals surface area contributed by atoms with Gasteiger partial charge in [0.2, 0.25) is 0 Å². The Morgan fingerprint density at radius 2 is 1.90 bits per heavy atom. The van der Waals surface area contributed by atoms with Gasteiger partial charge in [-0.2, -0.15) is 0 Å². The van der Waals surface area contributed by atoms with Gasteiger partial charge < -0.3 is 10.6 Å². The summed E-state index contributed by atoms with van der Waals surface area (Å²) in [6, 6.07) is 4.63. The number of benzene rings is 1. The molecule has 0 radical (unpaired) electrons. The number of hydrogen-bond donors (Lipinski definition) is 2. The van der Waals surface area contributed by atoms with Gasteiger partial charge in [0.15, 0.2) is 0 Å². The Bertz CT molecular complexity index is 471. The summed E-state index contributed by atoms with van der Waals surface area (Å²) < 4.78 is 13.6. The normalized spacial score (nSPS) is 11.6. The molecule has 4 nitrogen and oxygen atoms in total. The summed E-state index contributed by atoms with van der Waals surface area (Å²) in [5.74, 6) is 0.113. The van der Waals surface area contributed by atoms with Crippen molar-refractivity contribution >= 4 is 5.84 Å². The second-order valence-electron chi connectivity index (χ2n) is 6.19. The number of nitrogens with two attached hydrogens (primary N) is 1. The third-order valence-electron chi connectivity index (χ3n) is 3.16. The van der Waals surface area contributed by atoms with Gasteiger partial charge >= 0.3 is 0 Å². The summed E-state index contributed by atoms with van der Waals surface area (Å²) in [4.78, 5) is 4.45. The van der Waals surface area contributed by atoms with Crippen LogP contribution in [0.5, 0.6) is 0 Å². The number of nitrogen functional groups attached to an aromatic ring is 1. The maximum absolute atomic E-state index is 13.6. The Hall–Kier alpha value is -1.46. The van der Waals surface area contributed by atoms with Gasteiger partial charge in [0, 0.05) is 31.7 Å². The van der Waals surface area contributed by atoms with Crippen molar-refractivity contribution in [3.63, 3.8) is 0 Å². The number of hydrogen-bond acceptors (Lipinski definition) is 3. The quantitative estimate of drug-likeness (QED) is 0.570. The first-order valence-corrected chi connectivity index (χ1v) is 7.29. The predicted octanol–water partition coefficient (Wildman–Crippen LogP) is 2.13. The Labute approximate surface area is 127 Å². The lowest BCUT2D eigenvalue weighted by Crippen LogP contribution is -2.34. The molecular weight excluding hydrogens is 267 g/mol. The topological polar surface area (TPSA) is 56.4 Å². The van der Waals surface area contributed by atoms with Gasteiger partial charge in [0.1, 0.15) is 11.7 Å². The summed E-state index contributed by atoms with van der Waals surface area (Å²) >= 11 is 0. The van der Waals surface area contributed by atoms with E-state index < -0.39 is 0 Å². The third-order valence-corrected chi connectivity index (χ3v) is 3.16. The minimum atomic E-state index is -0.338. The average molecular weight is 294 g/mol. The van der Waals surface area contributed by atoms with Crippen molar-refractivity contribution in [1.82, 2.24) is 9.80 Å². The van der Waals surface area contributed by atoms with Gasteiger partial charge in [0.05, 0.1) is 0 Å². The molecule has 0 aliphatic heterocycles. The molecule has 0 atom stereocenters. The van der Waals surface area contributed by atoms with Crippen LogP contribution in [0.1, 0.15) is 25.0 Å². The fourth-order valence-corrected chi connectivity index (χ4v) is 2.25. The smallest absolute Gasteiger partial charge is 0.124 e. The van der Waals surface area contributed by atoms with Crippen molar-refractivity contribution in [3.05, 3.63) is 35.1 Å². The summed E-state index contributed by atoms with van der Waals surface area (Å²) in [6.07, 6.45) is 0. The van der Waals surface area contributed by atoms with Crippen LogP contribution in [0.2, 0.25) is 0 Å². The first-order valence-electron chi connectivity index (χ1n) is 7.29. The second-order valence-corrected chi connectivity index (χ2v) is 6.19. The lowest BCUT2D eigenvalue weighted by atomic mass is 10.1. The molecule has 3 N–H and O–H groups in total. The lowest BCUT2D eigenvalue weighted by Gasteiger charge is -2.26. The molecule has 0 heterocycles. The standard InChI is InChI=1S/C16H27FN4/c1-12(2)10-21(6-5-20(3)4)11-13-7-14(16(18)19)9-15(17)8-13/h7-9,12H,5-6,10-11H2,1-4H3,(H3,18,19). The van der Waals surface area contributed by atoms with E-state index in [1.165, 1.54) is 12.1 Å². The molecule has 118 valence electrons. The number of nitrogens with one attached hydrogen (secondary N) is 1. The number of amidine groups is 1. The molecule has 1 aromatic rings. The van der Waals surface area contributed by atoms with E-state index in [1.54, 1.807) is 6.07 Å². The molecule has 0 aliphatic rings. The van der Waals surface area contributed by atoms with E-state index >= 15 is 0 Å². The van der Waals surface area contributed by atoms with E-state index in [0.717, 1.165) is 25.2 Å². The molecule has 0 bridgehead atoms. The minimum Gasteiger partial charge on any atom is -0.384 e. The Morgan fingerprint density at radius 3 is 2.43 bits per heavy atom. The van der Waals surface area contributed by atoms with Gasteiger partial charge in [0.25, 0.3) is 0 Å². The highest BCUT2D eigenvalue weighted by molar-refractivity contribution is 5.95. The van der Waals surface area contributed by atoms with Crippen molar-refractivity contribution in [1.29, 1.82) is 5.41 Å². The molecule has 5 heteroatoms. The van der Waals surface area contributed by atoms with Crippen molar-refractivity contribution < 1.29 is 4.39 Å². The van der Waals surface area contributed by atoms with Crippen LogP contribution in [0.3, 0.4) is 0 Å². The number of rotatable bonds is 8. The number of likely N-dealkylation sites (N-methyl/N-ethyl adjacent to an activating group) is 1. The Morgan fingerprint density at radius 1 is 1.24 bits per heavy atom. The fourth-order valence-electron chi connectivity index (χ4n) is 2.25. The molecule has 0 aromatic heterocycles. The monoisotopic (exact) mass is 294 g/mol. The summed E-state index contributed by atoms with van der Waals surface area (Å²) in [5.41, 5.74) is 6.76. The molecule has 0 saturated carbocycles. The van der Waals surface area contributed by atoms with Crippen molar-refractivity contribution in [3.8, 4) is 0 Å². The summed E-state index contributed by atoms with van der Waals surface area (Å²) in [7, 11) is 4.09. The lowest BCUT2D eigenvalue weighted by molar-refractivity contribution is 0.211. The molecular formula is C16H27FN4. The number of nitrogens with zero attached hydrogens (tertiary/aromatic N) is 2. The molecule has 0 fully saturated rings. The van der Waals surface area contributed by atoms with E-state index in [2.05, 4.69) is 23.6 Å². The largest absolute Gasteiger partial charge is 0.384 e. The van der Waals surface area contributed by atoms with Crippen LogP contribution in [0.15, 0.2) is 18.2 Å². The number of halogens is 1. The summed E-state index contributed by atoms with van der Waals surface area (Å²) in [6.45, 7) is 7.87. The highest BCUT2D eigenvalue weighted by atomic mass is 19.1. The van der Waals surface area contributed by atoms with E-state index in [4.69, 9.17) is 11.1 Å². The molecule has 1 rings (SSSR count). The third kappa shape index (κ3) is 6.69. The highest BCUT2D eigenvalue weighted by Gasteiger charge is 2.11. The van der Waals surface area contributed by atoms with Crippen LogP contribution >= 0.6 is 0 Å². The van der Waals surface area contributed by atoms with E-state index in [1.807, 2.05) is 14.1 Å². The van der Waals surface area contributed by atoms with Gasteiger partial charge in [-0.15, -0.1) is 0 Å². The van der Waals surface area contributed by atoms with E-state index in [-0.39, 0.29) is 11.7 Å². The minimum absolute atomic E-state index is 0.0977. The zero-order valence-corrected chi connectivity index (χ0v) is 13.5. The van der Waals surface area contributed by atoms with Gasteiger partial charge in [-0.05, 0) is 43.8 Å². The maximum atomic E-state index is 13.6. The maximum Gasteiger partial charge on any atom is 0.124 e. The van der Waals surface area contributed by atoms with Crippen LogP contribution in [0.4, 0.5) is 4.39 Å². The zero-order chi connectivity index (χ0) is 16.0. The van der Waals surface area contributed by atoms with E-state index in [0.29, 0.717) is 18.0 Å². The van der Waals surface area contributed by atoms with Gasteiger partial charge in [-0.25, -0.2) is 4.39 Å². The summed E-state index contributed by atoms with van der Waals surface area (Å²) in [5, 5.41) is 7.45. The van der Waals surface area contributed by atoms with Crippen LogP contribution in [-0.4, -0.2) is 49.4 Å². The Balaban J connectivity index is 2.83. The molecule has 0 amide bonds. The first-order chi connectivity index (χ1) is 9.77. The van der Waals surface area contributed by atoms with Gasteiger partial charge in [-0.1, -0.05) is 13.8 Å². The molecule has 0 unspecified atom stereocenters. The SMILES string of the molecule is CC(C)CN(CCN(C)C)Cc1cc(F)cc(C(=N)N)c1. The van der Waals surface area contributed by atoms with Crippen LogP contribution < -0.4 is 5.73 Å². The molecule has 21 heavy (non-hydrogen) atoms. The van der Waals surface area contributed by atoms with Gasteiger partial charge in [-0.3, -0.25) is 10.3 Å². The first kappa shape index (κ1) is 17.6. The molecule has 0 saturated heterocycles. The van der Waals surface area contributed by atoms with Crippen LogP contribution in [-0.2, 0) is 6.54 Å². The highest BCUT2D eigenvalue weighted by Crippen LogP contribution is 2.12. The second kappa shape index (κ2) is 8.10. The Kier molecular flexibility index (Phi) is 6.78. The average Bonchev–Trinajstić information content (AvgIpc) is 2.34. The molecule has 1 aromatic carbocycles. The van der Waals surface area contributed by atoms with Crippen LogP contribution in [0, 0.1) is 17.1 Å². The fraction of sp³-hybridized carbons (Fsp3) is 0.562. The van der Waals surface area contributed by atoms with Crippen molar-refractivity contribution in [2.45, 2.75) is 20.4 Å². The van der Waals surface area contributed by atoms with Crippen molar-refractivity contribution in [2.24, 2.45) is 11.7 Å². The van der Waals surface area contributed by atoms with Crippen molar-refractivity contribution in [2.75, 3.05) is 33.7 Å². The zero-order valence-electron chi connectivity index (χ0n) is 13.5. The van der Waals surface area contributed by atoms with Crippen LogP contribution in [0.25, 0.3) is 0 Å².